The highest BCUT2D eigenvalue weighted by molar-refractivity contribution is 5.89. The van der Waals surface area contributed by atoms with Crippen molar-refractivity contribution >= 4 is 12.2 Å². The first-order valence-corrected chi connectivity index (χ1v) is 4.43. The predicted octanol–water partition coefficient (Wildman–Crippen LogP) is 2.05. The molecule has 0 bridgehead atoms. The van der Waals surface area contributed by atoms with Gasteiger partial charge in [-0.2, -0.15) is 5.10 Å². The fraction of sp³-hybridized carbons (Fsp3) is 0.300. The molecule has 0 radical (unpaired) electrons. The molecule has 0 saturated carbocycles. The molecular weight excluding hydrogens is 176 g/mol. The van der Waals surface area contributed by atoms with E-state index in [2.05, 4.69) is 30.5 Å². The number of aliphatic imine (C=N–C) groups is 1. The summed E-state index contributed by atoms with van der Waals surface area (Å²) in [5, 5.41) is 11.6. The molecular formula is C10H14N4. The summed E-state index contributed by atoms with van der Waals surface area (Å²) >= 11 is 0. The molecule has 0 atom stereocenters. The van der Waals surface area contributed by atoms with Crippen LogP contribution in [0, 0.1) is 5.41 Å². The standard InChI is InChI=1S/C10H14N4/c1-4-5-12-10(11)14-7-9(6-13-14)8(2)3/h4-8,11H,1H2,2-3H3/b11-10?,12-5-. The third-order valence-electron chi connectivity index (χ3n) is 1.79. The minimum absolute atomic E-state index is 0.0943. The zero-order valence-corrected chi connectivity index (χ0v) is 8.44. The van der Waals surface area contributed by atoms with Crippen molar-refractivity contribution in [3.8, 4) is 0 Å². The molecule has 0 fully saturated rings. The molecule has 74 valence electrons. The fourth-order valence-electron chi connectivity index (χ4n) is 0.933. The Morgan fingerprint density at radius 2 is 2.43 bits per heavy atom. The first-order valence-electron chi connectivity index (χ1n) is 4.43. The highest BCUT2D eigenvalue weighted by atomic mass is 15.3. The number of aromatic nitrogens is 2. The number of hydrogen-bond acceptors (Lipinski definition) is 2. The van der Waals surface area contributed by atoms with Gasteiger partial charge in [-0.15, -0.1) is 0 Å². The predicted molar refractivity (Wildman–Crippen MR) is 58.1 cm³/mol. The third-order valence-corrected chi connectivity index (χ3v) is 1.79. The molecule has 0 aliphatic carbocycles. The number of allylic oxidation sites excluding steroid dienone is 1. The van der Waals surface area contributed by atoms with Gasteiger partial charge in [-0.05, 0) is 11.5 Å². The van der Waals surface area contributed by atoms with Crippen molar-refractivity contribution in [1.29, 1.82) is 5.41 Å². The van der Waals surface area contributed by atoms with Gasteiger partial charge in [0.15, 0.2) is 0 Å². The minimum atomic E-state index is 0.0943. The van der Waals surface area contributed by atoms with Crippen LogP contribution in [0.5, 0.6) is 0 Å². The molecule has 0 spiro atoms. The zero-order chi connectivity index (χ0) is 10.6. The Morgan fingerprint density at radius 3 is 2.93 bits per heavy atom. The summed E-state index contributed by atoms with van der Waals surface area (Å²) in [6, 6.07) is 0. The van der Waals surface area contributed by atoms with E-state index < -0.39 is 0 Å². The summed E-state index contributed by atoms with van der Waals surface area (Å²) in [4.78, 5) is 3.83. The Hall–Kier alpha value is -1.71. The highest BCUT2D eigenvalue weighted by Crippen LogP contribution is 2.11. The van der Waals surface area contributed by atoms with Gasteiger partial charge in [0.25, 0.3) is 0 Å². The number of nitrogens with zero attached hydrogens (tertiary/aromatic N) is 3. The molecule has 4 nitrogen and oxygen atoms in total. The maximum Gasteiger partial charge on any atom is 0.242 e. The molecule has 0 aromatic carbocycles. The molecule has 14 heavy (non-hydrogen) atoms. The highest BCUT2D eigenvalue weighted by Gasteiger charge is 2.04. The second kappa shape index (κ2) is 4.50. The van der Waals surface area contributed by atoms with Gasteiger partial charge in [-0.25, -0.2) is 9.67 Å². The van der Waals surface area contributed by atoms with Gasteiger partial charge in [0.05, 0.1) is 6.20 Å². The molecule has 1 aromatic rings. The van der Waals surface area contributed by atoms with Gasteiger partial charge in [0.2, 0.25) is 5.96 Å². The van der Waals surface area contributed by atoms with Crippen molar-refractivity contribution in [3.05, 3.63) is 30.6 Å². The van der Waals surface area contributed by atoms with Crippen LogP contribution >= 0.6 is 0 Å². The Bertz CT molecular complexity index is 360. The molecule has 1 N–H and O–H groups in total. The first kappa shape index (κ1) is 10.4. The molecule has 0 saturated heterocycles. The fourth-order valence-corrected chi connectivity index (χ4v) is 0.933. The van der Waals surface area contributed by atoms with Gasteiger partial charge < -0.3 is 0 Å². The van der Waals surface area contributed by atoms with Crippen molar-refractivity contribution in [2.75, 3.05) is 0 Å². The molecule has 0 amide bonds. The second-order valence-corrected chi connectivity index (χ2v) is 3.21. The average Bonchev–Trinajstić information content (AvgIpc) is 2.62. The Labute approximate surface area is 83.5 Å². The molecule has 4 heteroatoms. The van der Waals surface area contributed by atoms with E-state index in [1.54, 1.807) is 6.20 Å². The maximum absolute atomic E-state index is 7.54. The van der Waals surface area contributed by atoms with Gasteiger partial charge in [-0.1, -0.05) is 26.5 Å². The van der Waals surface area contributed by atoms with E-state index >= 15 is 0 Å². The summed E-state index contributed by atoms with van der Waals surface area (Å²) in [7, 11) is 0. The molecule has 0 unspecified atom stereocenters. The summed E-state index contributed by atoms with van der Waals surface area (Å²) in [5.74, 6) is 0.511. The lowest BCUT2D eigenvalue weighted by atomic mass is 10.1. The minimum Gasteiger partial charge on any atom is -0.265 e. The van der Waals surface area contributed by atoms with E-state index in [0.29, 0.717) is 5.92 Å². The van der Waals surface area contributed by atoms with Crippen LogP contribution in [0.15, 0.2) is 30.0 Å². The summed E-state index contributed by atoms with van der Waals surface area (Å²) in [6.45, 7) is 7.65. The van der Waals surface area contributed by atoms with Crippen LogP contribution in [0.3, 0.4) is 0 Å². The molecule has 0 aliphatic rings. The topological polar surface area (TPSA) is 54.0 Å². The first-order chi connectivity index (χ1) is 6.65. The lowest BCUT2D eigenvalue weighted by Gasteiger charge is -1.97. The smallest absolute Gasteiger partial charge is 0.242 e. The van der Waals surface area contributed by atoms with Crippen molar-refractivity contribution in [2.24, 2.45) is 4.99 Å². The average molecular weight is 190 g/mol. The van der Waals surface area contributed by atoms with Crippen LogP contribution in [0.25, 0.3) is 0 Å². The maximum atomic E-state index is 7.54. The zero-order valence-electron chi connectivity index (χ0n) is 8.44. The lowest BCUT2D eigenvalue weighted by molar-refractivity contribution is 0.864. The lowest BCUT2D eigenvalue weighted by Crippen LogP contribution is -2.07. The van der Waals surface area contributed by atoms with Crippen LogP contribution in [0.4, 0.5) is 0 Å². The summed E-state index contributed by atoms with van der Waals surface area (Å²) < 4.78 is 1.44. The Balaban J connectivity index is 2.81. The quantitative estimate of drug-likeness (QED) is 0.563. The number of nitrogens with one attached hydrogen (secondary N) is 1. The SMILES string of the molecule is C=C/C=N\C(=N)n1cc(C(C)C)cn1. The van der Waals surface area contributed by atoms with E-state index in [0.717, 1.165) is 5.56 Å². The molecule has 1 rings (SSSR count). The van der Waals surface area contributed by atoms with E-state index in [4.69, 9.17) is 5.41 Å². The Kier molecular flexibility index (Phi) is 3.34. The number of rotatable bonds is 2. The van der Waals surface area contributed by atoms with E-state index in [9.17, 15) is 0 Å². The van der Waals surface area contributed by atoms with Crippen molar-refractivity contribution < 1.29 is 0 Å². The van der Waals surface area contributed by atoms with Crippen LogP contribution in [-0.4, -0.2) is 22.0 Å². The van der Waals surface area contributed by atoms with E-state index in [1.165, 1.54) is 17.0 Å². The monoisotopic (exact) mass is 190 g/mol. The second-order valence-electron chi connectivity index (χ2n) is 3.21. The van der Waals surface area contributed by atoms with E-state index in [-0.39, 0.29) is 5.96 Å². The van der Waals surface area contributed by atoms with Crippen molar-refractivity contribution in [1.82, 2.24) is 9.78 Å². The number of hydrogen-bond donors (Lipinski definition) is 1. The van der Waals surface area contributed by atoms with Gasteiger partial charge in [0, 0.05) is 12.4 Å². The third kappa shape index (κ3) is 2.39. The largest absolute Gasteiger partial charge is 0.265 e. The van der Waals surface area contributed by atoms with Crippen LogP contribution < -0.4 is 0 Å². The Morgan fingerprint density at radius 1 is 1.71 bits per heavy atom. The van der Waals surface area contributed by atoms with Crippen LogP contribution in [0.1, 0.15) is 25.3 Å². The van der Waals surface area contributed by atoms with Gasteiger partial charge in [-0.3, -0.25) is 5.41 Å². The van der Waals surface area contributed by atoms with Crippen LogP contribution in [0.2, 0.25) is 0 Å². The normalized spacial score (nSPS) is 11.1. The summed E-state index contributed by atoms with van der Waals surface area (Å²) in [6.07, 6.45) is 6.57. The molecule has 1 aromatic heterocycles. The van der Waals surface area contributed by atoms with Crippen molar-refractivity contribution in [3.63, 3.8) is 0 Å². The van der Waals surface area contributed by atoms with Crippen LogP contribution in [-0.2, 0) is 0 Å². The molecule has 1 heterocycles. The van der Waals surface area contributed by atoms with Gasteiger partial charge in [0.1, 0.15) is 0 Å². The summed E-state index contributed by atoms with van der Waals surface area (Å²) in [5.41, 5.74) is 1.10. The van der Waals surface area contributed by atoms with E-state index in [1.807, 2.05) is 6.20 Å². The van der Waals surface area contributed by atoms with Crippen molar-refractivity contribution in [2.45, 2.75) is 19.8 Å². The molecule has 0 aliphatic heterocycles. The van der Waals surface area contributed by atoms with Gasteiger partial charge >= 0.3 is 0 Å².